The first-order chi connectivity index (χ1) is 8.24. The number of halogens is 1. The molecule has 1 aromatic rings. The molecule has 17 heavy (non-hydrogen) atoms. The molecular formula is C13H22ClN3. The predicted molar refractivity (Wildman–Crippen MR) is 71.3 cm³/mol. The van der Waals surface area contributed by atoms with Gasteiger partial charge in [0.15, 0.2) is 0 Å². The molecule has 1 aliphatic carbocycles. The molecule has 0 aromatic carbocycles. The third-order valence-electron chi connectivity index (χ3n) is 3.69. The van der Waals surface area contributed by atoms with Gasteiger partial charge in [-0.1, -0.05) is 6.42 Å². The van der Waals surface area contributed by atoms with Crippen molar-refractivity contribution in [3.8, 4) is 0 Å². The van der Waals surface area contributed by atoms with Crippen LogP contribution in [0.25, 0.3) is 0 Å². The quantitative estimate of drug-likeness (QED) is 0.820. The van der Waals surface area contributed by atoms with Gasteiger partial charge in [-0.15, -0.1) is 11.6 Å². The van der Waals surface area contributed by atoms with Gasteiger partial charge in [-0.25, -0.2) is 0 Å². The van der Waals surface area contributed by atoms with Crippen LogP contribution >= 0.6 is 11.6 Å². The smallest absolute Gasteiger partial charge is 0.0597 e. The third-order valence-corrected chi connectivity index (χ3v) is 4.08. The van der Waals surface area contributed by atoms with Gasteiger partial charge < -0.3 is 5.32 Å². The zero-order valence-corrected chi connectivity index (χ0v) is 11.5. The van der Waals surface area contributed by atoms with E-state index in [1.54, 1.807) is 0 Å². The Morgan fingerprint density at radius 1 is 1.53 bits per heavy atom. The van der Waals surface area contributed by atoms with Gasteiger partial charge in [-0.3, -0.25) is 4.68 Å². The molecule has 2 unspecified atom stereocenters. The van der Waals surface area contributed by atoms with Gasteiger partial charge in [0.2, 0.25) is 0 Å². The summed E-state index contributed by atoms with van der Waals surface area (Å²) in [6.45, 7) is 6.03. The Hall–Kier alpha value is -0.540. The molecule has 3 nitrogen and oxygen atoms in total. The molecule has 96 valence electrons. The molecule has 0 bridgehead atoms. The van der Waals surface area contributed by atoms with Crippen LogP contribution in [0, 0.1) is 12.8 Å². The Morgan fingerprint density at radius 3 is 3.06 bits per heavy atom. The standard InChI is InChI=1S/C13H22ClN3/c1-3-17-12(7-10(2)16-17)9-15-13-6-4-5-11(13)8-14/h7,11,13,15H,3-6,8-9H2,1-2H3. The number of nitrogens with one attached hydrogen (secondary N) is 1. The number of alkyl halides is 1. The molecular weight excluding hydrogens is 234 g/mol. The summed E-state index contributed by atoms with van der Waals surface area (Å²) < 4.78 is 2.08. The Bertz CT molecular complexity index is 362. The van der Waals surface area contributed by atoms with E-state index in [0.29, 0.717) is 12.0 Å². The van der Waals surface area contributed by atoms with Crippen LogP contribution in [0.1, 0.15) is 37.6 Å². The van der Waals surface area contributed by atoms with Crippen LogP contribution in [0.4, 0.5) is 0 Å². The molecule has 2 rings (SSSR count). The number of nitrogens with zero attached hydrogens (tertiary/aromatic N) is 2. The first kappa shape index (κ1) is 12.9. The molecule has 1 saturated carbocycles. The normalized spacial score (nSPS) is 24.4. The van der Waals surface area contributed by atoms with Gasteiger partial charge >= 0.3 is 0 Å². The molecule has 0 radical (unpaired) electrons. The Kier molecular flexibility index (Phi) is 4.46. The van der Waals surface area contributed by atoms with Crippen molar-refractivity contribution in [3.05, 3.63) is 17.5 Å². The molecule has 1 aromatic heterocycles. The van der Waals surface area contributed by atoms with E-state index in [9.17, 15) is 0 Å². The summed E-state index contributed by atoms with van der Waals surface area (Å²) in [5.41, 5.74) is 2.38. The number of aromatic nitrogens is 2. The zero-order valence-electron chi connectivity index (χ0n) is 10.7. The number of rotatable bonds is 5. The topological polar surface area (TPSA) is 29.9 Å². The summed E-state index contributed by atoms with van der Waals surface area (Å²) in [5.74, 6) is 1.43. The summed E-state index contributed by atoms with van der Waals surface area (Å²) in [4.78, 5) is 0. The number of aryl methyl sites for hydroxylation is 2. The Balaban J connectivity index is 1.92. The van der Waals surface area contributed by atoms with Crippen molar-refractivity contribution < 1.29 is 0 Å². The van der Waals surface area contributed by atoms with Crippen LogP contribution in [0.3, 0.4) is 0 Å². The fourth-order valence-electron chi connectivity index (χ4n) is 2.74. The van der Waals surface area contributed by atoms with Crippen LogP contribution in [0.15, 0.2) is 6.07 Å². The molecule has 0 aliphatic heterocycles. The molecule has 0 spiro atoms. The molecule has 1 N–H and O–H groups in total. The number of hydrogen-bond donors (Lipinski definition) is 1. The van der Waals surface area contributed by atoms with Crippen LogP contribution in [-0.2, 0) is 13.1 Å². The maximum atomic E-state index is 5.99. The first-order valence-electron chi connectivity index (χ1n) is 6.57. The van der Waals surface area contributed by atoms with Crippen LogP contribution in [-0.4, -0.2) is 21.7 Å². The highest BCUT2D eigenvalue weighted by molar-refractivity contribution is 6.18. The van der Waals surface area contributed by atoms with E-state index in [1.807, 2.05) is 6.92 Å². The minimum atomic E-state index is 0.591. The average Bonchev–Trinajstić information content (AvgIpc) is 2.91. The minimum Gasteiger partial charge on any atom is -0.308 e. The van der Waals surface area contributed by atoms with Crippen molar-refractivity contribution >= 4 is 11.6 Å². The van der Waals surface area contributed by atoms with Crippen molar-refractivity contribution in [2.75, 3.05) is 5.88 Å². The minimum absolute atomic E-state index is 0.591. The van der Waals surface area contributed by atoms with Gasteiger partial charge in [0, 0.05) is 25.0 Å². The molecule has 1 aliphatic rings. The molecule has 2 atom stereocenters. The maximum absolute atomic E-state index is 5.99. The summed E-state index contributed by atoms with van der Waals surface area (Å²) in [6.07, 6.45) is 3.84. The van der Waals surface area contributed by atoms with Gasteiger partial charge in [0.1, 0.15) is 0 Å². The van der Waals surface area contributed by atoms with Crippen molar-refractivity contribution in [1.29, 1.82) is 0 Å². The van der Waals surface area contributed by atoms with Crippen LogP contribution in [0.5, 0.6) is 0 Å². The summed E-state index contributed by atoms with van der Waals surface area (Å²) in [5, 5.41) is 8.11. The molecule has 1 fully saturated rings. The van der Waals surface area contributed by atoms with Gasteiger partial charge in [-0.05, 0) is 38.7 Å². The highest BCUT2D eigenvalue weighted by atomic mass is 35.5. The van der Waals surface area contributed by atoms with Gasteiger partial charge in [-0.2, -0.15) is 5.10 Å². The molecule has 1 heterocycles. The maximum Gasteiger partial charge on any atom is 0.0597 e. The molecule has 0 saturated heterocycles. The summed E-state index contributed by atoms with van der Waals surface area (Å²) >= 11 is 5.99. The van der Waals surface area contributed by atoms with Crippen molar-refractivity contribution in [3.63, 3.8) is 0 Å². The zero-order chi connectivity index (χ0) is 12.3. The lowest BCUT2D eigenvalue weighted by molar-refractivity contribution is 0.420. The van der Waals surface area contributed by atoms with Crippen molar-refractivity contribution in [2.45, 2.75) is 52.2 Å². The lowest BCUT2D eigenvalue weighted by Gasteiger charge is -2.19. The van der Waals surface area contributed by atoms with Crippen LogP contribution < -0.4 is 5.32 Å². The summed E-state index contributed by atoms with van der Waals surface area (Å²) in [6, 6.07) is 2.76. The van der Waals surface area contributed by atoms with Crippen molar-refractivity contribution in [1.82, 2.24) is 15.1 Å². The third kappa shape index (κ3) is 3.02. The largest absolute Gasteiger partial charge is 0.308 e. The SMILES string of the molecule is CCn1nc(C)cc1CNC1CCCC1CCl. The highest BCUT2D eigenvalue weighted by Gasteiger charge is 2.26. The van der Waals surface area contributed by atoms with E-state index < -0.39 is 0 Å². The van der Waals surface area contributed by atoms with Gasteiger partial charge in [0.05, 0.1) is 11.4 Å². The van der Waals surface area contributed by atoms with E-state index in [1.165, 1.54) is 25.0 Å². The predicted octanol–water partition coefficient (Wildman–Crippen LogP) is 2.71. The summed E-state index contributed by atoms with van der Waals surface area (Å²) in [7, 11) is 0. The highest BCUT2D eigenvalue weighted by Crippen LogP contribution is 2.26. The molecule has 0 amide bonds. The monoisotopic (exact) mass is 255 g/mol. The van der Waals surface area contributed by atoms with E-state index >= 15 is 0 Å². The second-order valence-electron chi connectivity index (χ2n) is 4.93. The van der Waals surface area contributed by atoms with E-state index in [2.05, 4.69) is 28.1 Å². The van der Waals surface area contributed by atoms with E-state index in [-0.39, 0.29) is 0 Å². The second kappa shape index (κ2) is 5.87. The van der Waals surface area contributed by atoms with E-state index in [0.717, 1.165) is 24.7 Å². The second-order valence-corrected chi connectivity index (χ2v) is 5.23. The Labute approximate surface area is 109 Å². The van der Waals surface area contributed by atoms with Gasteiger partial charge in [0.25, 0.3) is 0 Å². The van der Waals surface area contributed by atoms with Crippen molar-refractivity contribution in [2.24, 2.45) is 5.92 Å². The lowest BCUT2D eigenvalue weighted by atomic mass is 10.1. The average molecular weight is 256 g/mol. The number of hydrogen-bond acceptors (Lipinski definition) is 2. The fraction of sp³-hybridized carbons (Fsp3) is 0.769. The first-order valence-corrected chi connectivity index (χ1v) is 7.10. The molecule has 4 heteroatoms. The van der Waals surface area contributed by atoms with Crippen LogP contribution in [0.2, 0.25) is 0 Å². The lowest BCUT2D eigenvalue weighted by Crippen LogP contribution is -2.33. The Morgan fingerprint density at radius 2 is 2.35 bits per heavy atom. The van der Waals surface area contributed by atoms with E-state index in [4.69, 9.17) is 11.6 Å². The fourth-order valence-corrected chi connectivity index (χ4v) is 3.11.